The van der Waals surface area contributed by atoms with Gasteiger partial charge in [0.2, 0.25) is 0 Å². The van der Waals surface area contributed by atoms with Crippen LogP contribution < -0.4 is 0 Å². The Hall–Kier alpha value is -0.486. The first kappa shape index (κ1) is 36.9. The van der Waals surface area contributed by atoms with E-state index >= 15 is 0 Å². The summed E-state index contributed by atoms with van der Waals surface area (Å²) in [6.45, 7) is 20.0. The molecule has 1 rings (SSSR count). The number of esters is 1. The van der Waals surface area contributed by atoms with Crippen LogP contribution in [0.15, 0.2) is 0 Å². The maximum Gasteiger partial charge on any atom is 0 e. The van der Waals surface area contributed by atoms with Crippen LogP contribution in [0.3, 0.4) is 0 Å². The Morgan fingerprint density at radius 3 is 1.67 bits per heavy atom. The second-order valence-electron chi connectivity index (χ2n) is 6.13. The van der Waals surface area contributed by atoms with Crippen molar-refractivity contribution in [1.29, 1.82) is 0 Å². The Morgan fingerprint density at radius 2 is 1.40 bits per heavy atom. The molecule has 0 aliphatic heterocycles. The zero-order chi connectivity index (χ0) is 23.8. The number of carbonyl (C=O) groups is 1. The maximum absolute atomic E-state index is 10.3. The number of ether oxygens (including phenoxy) is 1. The van der Waals surface area contributed by atoms with Crippen LogP contribution in [0.25, 0.3) is 0 Å². The maximum atomic E-state index is 10.3. The summed E-state index contributed by atoms with van der Waals surface area (Å²) in [5.41, 5.74) is 0. The van der Waals surface area contributed by atoms with Gasteiger partial charge in [-0.25, -0.2) is 0 Å². The number of methoxy groups -OCH3 is 1. The SMILES string of the molecule is CCC(C)[C]1[C](C)[C](C)[C](C)[C]1C.C[CH][CH][CH][CH]C(=O)OC.F[B-](F)(F)F.[C-]#[O+].[Fe]. The van der Waals surface area contributed by atoms with E-state index in [2.05, 4.69) is 52.9 Å². The van der Waals surface area contributed by atoms with Gasteiger partial charge in [0.05, 0.1) is 13.5 Å². The molecule has 1 fully saturated rings. The average molecular weight is 474 g/mol. The van der Waals surface area contributed by atoms with E-state index in [0.29, 0.717) is 5.92 Å². The van der Waals surface area contributed by atoms with E-state index in [4.69, 9.17) is 4.65 Å². The van der Waals surface area contributed by atoms with Crippen LogP contribution in [-0.2, 0) is 31.3 Å². The van der Waals surface area contributed by atoms with E-state index in [-0.39, 0.29) is 23.0 Å². The Kier molecular flexibility index (Phi) is 25.1. The summed E-state index contributed by atoms with van der Waals surface area (Å²) in [6.07, 6.45) is 7.83. The topological polar surface area (TPSA) is 46.2 Å². The van der Waals surface area contributed by atoms with Gasteiger partial charge >= 0.3 is 24.5 Å². The average Bonchev–Trinajstić information content (AvgIpc) is 2.85. The van der Waals surface area contributed by atoms with Gasteiger partial charge in [0.1, 0.15) is 0 Å². The number of hydrogen-bond donors (Lipinski definition) is 0. The molecule has 9 radical (unpaired) electrons. The predicted octanol–water partition coefficient (Wildman–Crippen LogP) is 6.25. The predicted molar refractivity (Wildman–Crippen MR) is 107 cm³/mol. The molecule has 9 heteroatoms. The van der Waals surface area contributed by atoms with Crippen molar-refractivity contribution in [3.05, 3.63) is 61.9 Å². The van der Waals surface area contributed by atoms with Crippen LogP contribution in [0.4, 0.5) is 17.3 Å². The van der Waals surface area contributed by atoms with Crippen LogP contribution in [0.1, 0.15) is 54.9 Å². The molecule has 0 spiro atoms. The van der Waals surface area contributed by atoms with Crippen molar-refractivity contribution in [3.63, 3.8) is 0 Å². The molecular formula is C21H31BF4FeO3-. The summed E-state index contributed by atoms with van der Waals surface area (Å²) in [7, 11) is -4.65. The Balaban J connectivity index is -0.000000174. The summed E-state index contributed by atoms with van der Waals surface area (Å²) in [6, 6.07) is 0. The quantitative estimate of drug-likeness (QED) is 0.114. The molecule has 173 valence electrons. The summed E-state index contributed by atoms with van der Waals surface area (Å²) < 4.78 is 50.8. The van der Waals surface area contributed by atoms with Gasteiger partial charge in [-0.3, -0.25) is 4.79 Å². The molecule has 1 aliphatic rings. The minimum absolute atomic E-state index is 0. The van der Waals surface area contributed by atoms with Gasteiger partial charge in [-0.05, 0) is 54.8 Å². The van der Waals surface area contributed by atoms with E-state index in [1.54, 1.807) is 18.8 Å². The van der Waals surface area contributed by atoms with Gasteiger partial charge in [-0.2, -0.15) is 0 Å². The molecule has 1 unspecified atom stereocenters. The van der Waals surface area contributed by atoms with Crippen molar-refractivity contribution in [2.45, 2.75) is 54.9 Å². The van der Waals surface area contributed by atoms with Crippen molar-refractivity contribution in [3.8, 4) is 0 Å². The first-order valence-electron chi connectivity index (χ1n) is 8.99. The Morgan fingerprint density at radius 1 is 1.03 bits per heavy atom. The normalized spacial score (nSPS) is 16.6. The van der Waals surface area contributed by atoms with Crippen molar-refractivity contribution in [2.24, 2.45) is 5.92 Å². The van der Waals surface area contributed by atoms with E-state index in [0.717, 1.165) is 0 Å². The van der Waals surface area contributed by atoms with Crippen LogP contribution in [0, 0.1) is 67.8 Å². The van der Waals surface area contributed by atoms with Crippen LogP contribution in [0.2, 0.25) is 0 Å². The molecule has 3 nitrogen and oxygen atoms in total. The van der Waals surface area contributed by atoms with Gasteiger partial charge in [-0.1, -0.05) is 54.9 Å². The first-order chi connectivity index (χ1) is 13.3. The third-order valence-corrected chi connectivity index (χ3v) is 4.34. The first-order valence-corrected chi connectivity index (χ1v) is 8.99. The van der Waals surface area contributed by atoms with E-state index in [9.17, 15) is 22.1 Å². The molecule has 0 aromatic rings. The molecule has 0 bridgehead atoms. The third kappa shape index (κ3) is 18.3. The fraction of sp³-hybridized carbons (Fsp3) is 0.476. The molecule has 1 saturated carbocycles. The van der Waals surface area contributed by atoms with E-state index in [1.165, 1.54) is 43.6 Å². The zero-order valence-corrected chi connectivity index (χ0v) is 19.9. The Labute approximate surface area is 191 Å². The second-order valence-corrected chi connectivity index (χ2v) is 6.13. The summed E-state index contributed by atoms with van der Waals surface area (Å²) in [4.78, 5) is 10.3. The number of unbranched alkanes of at least 4 members (excludes halogenated alkanes) is 2. The second kappa shape index (κ2) is 20.4. The van der Waals surface area contributed by atoms with Crippen molar-refractivity contribution in [1.82, 2.24) is 0 Å². The van der Waals surface area contributed by atoms with Gasteiger partial charge in [-0.15, -0.1) is 0 Å². The Bertz CT molecular complexity index is 416. The number of carbonyl (C=O) groups excluding carboxylic acids is 1. The monoisotopic (exact) mass is 474 g/mol. The van der Waals surface area contributed by atoms with Crippen LogP contribution in [0.5, 0.6) is 0 Å². The van der Waals surface area contributed by atoms with E-state index < -0.39 is 7.25 Å². The van der Waals surface area contributed by atoms with Gasteiger partial charge < -0.3 is 22.0 Å². The number of hydrogen-bond acceptors (Lipinski definition) is 2. The smallest absolute Gasteiger partial charge is 0 e. The minimum atomic E-state index is -6.00. The van der Waals surface area contributed by atoms with Gasteiger partial charge in [0, 0.05) is 17.1 Å². The standard InChI is InChI=1S/C13H21.C7H10O2.CO.BF4.Fe/c1-7-8(2)13-11(5)9(3)10(4)12(13)6;1-3-4-5-6-7(8)9-2;1-2;2-1(3,4)5;/h8H,7H2,1-6H3;3-6H,1-2H3;;;/q;;;-1;. The molecule has 0 aromatic heterocycles. The molecule has 0 saturated heterocycles. The fourth-order valence-electron chi connectivity index (χ4n) is 2.50. The summed E-state index contributed by atoms with van der Waals surface area (Å²) >= 11 is 0. The summed E-state index contributed by atoms with van der Waals surface area (Å²) in [5.74, 6) is 8.01. The van der Waals surface area contributed by atoms with Gasteiger partial charge in [0.25, 0.3) is 0 Å². The molecule has 30 heavy (non-hydrogen) atoms. The van der Waals surface area contributed by atoms with Gasteiger partial charge in [0.15, 0.2) is 0 Å². The molecular weight excluding hydrogens is 443 g/mol. The molecule has 0 aromatic carbocycles. The largest absolute Gasteiger partial charge is 0 e. The molecule has 0 heterocycles. The third-order valence-electron chi connectivity index (χ3n) is 4.34. The molecule has 1 atom stereocenters. The number of halogens is 4. The van der Waals surface area contributed by atoms with E-state index in [1.807, 2.05) is 13.3 Å². The van der Waals surface area contributed by atoms with Crippen molar-refractivity contribution in [2.75, 3.05) is 7.11 Å². The van der Waals surface area contributed by atoms with Crippen LogP contribution >= 0.6 is 0 Å². The summed E-state index contributed by atoms with van der Waals surface area (Å²) in [5, 5.41) is 0. The van der Waals surface area contributed by atoms with Crippen LogP contribution in [-0.4, -0.2) is 20.3 Å². The van der Waals surface area contributed by atoms with Crippen molar-refractivity contribution < 1.29 is 48.5 Å². The zero-order valence-electron chi connectivity index (χ0n) is 18.8. The minimum Gasteiger partial charge on any atom is 0 e. The van der Waals surface area contributed by atoms with Crippen molar-refractivity contribution >= 4 is 13.2 Å². The molecule has 1 aliphatic carbocycles. The number of rotatable bonds is 6. The molecule has 0 N–H and O–H groups in total. The molecule has 0 amide bonds. The fourth-order valence-corrected chi connectivity index (χ4v) is 2.50.